The minimum atomic E-state index is -3.01. The van der Waals surface area contributed by atoms with E-state index in [0.717, 1.165) is 54.2 Å². The van der Waals surface area contributed by atoms with Crippen molar-refractivity contribution in [1.29, 1.82) is 0 Å². The number of para-hydroxylation sites is 1. The van der Waals surface area contributed by atoms with Crippen LogP contribution in [-0.2, 0) is 95.1 Å². The van der Waals surface area contributed by atoms with Gasteiger partial charge in [-0.1, -0.05) is 151 Å². The van der Waals surface area contributed by atoms with Crippen LogP contribution in [0.4, 0.5) is 15.3 Å². The van der Waals surface area contributed by atoms with Crippen molar-refractivity contribution < 1.29 is 95.1 Å². The first-order valence-electron chi connectivity index (χ1n) is 40.9. The molecule has 0 radical (unpaired) electrons. The third-order valence-corrected chi connectivity index (χ3v) is 34.2. The summed E-state index contributed by atoms with van der Waals surface area (Å²) in [4.78, 5) is 148. The number of nitrogens with zero attached hydrogens (tertiary/aromatic N) is 6. The molecule has 5 N–H and O–H groups in total. The first-order valence-corrected chi connectivity index (χ1v) is 47.1. The highest BCUT2D eigenvalue weighted by molar-refractivity contribution is 6.75. The molecular formula is C88H123ClN10O20Si2. The number of nitrogens with one attached hydrogen (secondary N) is 4. The lowest BCUT2D eigenvalue weighted by molar-refractivity contribution is -0.255. The molecule has 660 valence electrons. The summed E-state index contributed by atoms with van der Waals surface area (Å²) in [7, 11) is 4.26. The number of rotatable bonds is 29. The van der Waals surface area contributed by atoms with Crippen molar-refractivity contribution in [3.8, 4) is 16.9 Å². The highest BCUT2D eigenvalue weighted by Crippen LogP contribution is 2.56. The van der Waals surface area contributed by atoms with Crippen LogP contribution in [0.3, 0.4) is 0 Å². The van der Waals surface area contributed by atoms with Gasteiger partial charge < -0.3 is 82.3 Å². The Balaban J connectivity index is 0.909. The van der Waals surface area contributed by atoms with Crippen LogP contribution < -0.4 is 30.9 Å². The van der Waals surface area contributed by atoms with Crippen LogP contribution in [0.25, 0.3) is 22.0 Å². The summed E-state index contributed by atoms with van der Waals surface area (Å²) in [6.07, 6.45) is -4.63. The zero-order valence-corrected chi connectivity index (χ0v) is 76.9. The number of halogens is 1. The Bertz CT molecular complexity index is 4710. The number of hydrazine groups is 1. The van der Waals surface area contributed by atoms with Crippen molar-refractivity contribution in [2.75, 3.05) is 80.6 Å². The number of allylic oxidation sites excluding steroid dienone is 3. The van der Waals surface area contributed by atoms with E-state index in [1.165, 1.54) is 73.0 Å². The van der Waals surface area contributed by atoms with Gasteiger partial charge in [0, 0.05) is 118 Å². The molecular weight excluding hydrogens is 1610 g/mol. The topological polar surface area (TPSA) is 347 Å². The van der Waals surface area contributed by atoms with Gasteiger partial charge in [-0.2, -0.15) is 0 Å². The van der Waals surface area contributed by atoms with E-state index in [2.05, 4.69) is 45.5 Å². The van der Waals surface area contributed by atoms with Gasteiger partial charge in [0.15, 0.2) is 40.2 Å². The van der Waals surface area contributed by atoms with Crippen molar-refractivity contribution in [2.45, 2.75) is 230 Å². The number of carbonyl (C=O) groups is 10. The molecule has 9 rings (SSSR count). The molecule has 30 nitrogen and oxygen atoms in total. The lowest BCUT2D eigenvalue weighted by Crippen LogP contribution is -2.64. The number of aliphatic hydroxyl groups is 1. The van der Waals surface area contributed by atoms with E-state index in [0.29, 0.717) is 12.1 Å². The Kier molecular flexibility index (Phi) is 30.3. The fraction of sp³-hybridized carbons (Fsp3) is 0.545. The van der Waals surface area contributed by atoms with E-state index in [4.69, 9.17) is 53.6 Å². The van der Waals surface area contributed by atoms with Crippen LogP contribution in [0.2, 0.25) is 41.3 Å². The maximum absolute atomic E-state index is 15.4. The Morgan fingerprint density at radius 2 is 1.31 bits per heavy atom. The minimum absolute atomic E-state index is 0.00595. The van der Waals surface area contributed by atoms with Crippen LogP contribution in [0.1, 0.15) is 137 Å². The Hall–Kier alpha value is -9.52. The van der Waals surface area contributed by atoms with E-state index in [9.17, 15) is 33.9 Å². The average Bonchev–Trinajstić information content (AvgIpc) is 1.54. The van der Waals surface area contributed by atoms with Gasteiger partial charge in [-0.25, -0.2) is 29.2 Å². The van der Waals surface area contributed by atoms with Gasteiger partial charge in [-0.3, -0.25) is 34.1 Å². The number of aryl methyl sites for hydroxylation is 1. The van der Waals surface area contributed by atoms with Crippen molar-refractivity contribution in [1.82, 2.24) is 45.7 Å². The monoisotopic (exact) mass is 1730 g/mol. The summed E-state index contributed by atoms with van der Waals surface area (Å²) in [5, 5.41) is 26.6. The van der Waals surface area contributed by atoms with E-state index in [-0.39, 0.29) is 80.3 Å². The number of likely N-dealkylation sites (N-methyl/N-ethyl adjacent to an activating group) is 2. The lowest BCUT2D eigenvalue weighted by Gasteiger charge is -2.44. The summed E-state index contributed by atoms with van der Waals surface area (Å²) in [5.41, 5.74) is 3.63. The first kappa shape index (κ1) is 95.3. The van der Waals surface area contributed by atoms with E-state index in [1.807, 2.05) is 134 Å². The number of esters is 2. The van der Waals surface area contributed by atoms with Gasteiger partial charge in [0.05, 0.1) is 19.3 Å². The molecule has 0 saturated carbocycles. The molecule has 2 saturated heterocycles. The van der Waals surface area contributed by atoms with Gasteiger partial charge in [-0.15, -0.1) is 0 Å². The van der Waals surface area contributed by atoms with Gasteiger partial charge in [0.25, 0.3) is 17.6 Å². The van der Waals surface area contributed by atoms with Gasteiger partial charge >= 0.3 is 24.1 Å². The number of epoxide rings is 1. The second-order valence-electron chi connectivity index (χ2n) is 35.3. The van der Waals surface area contributed by atoms with Gasteiger partial charge in [-0.05, 0) is 128 Å². The molecule has 33 heteroatoms. The summed E-state index contributed by atoms with van der Waals surface area (Å²) < 4.78 is 58.6. The summed E-state index contributed by atoms with van der Waals surface area (Å²) in [6.45, 7) is 28.7. The van der Waals surface area contributed by atoms with Crippen LogP contribution in [0.15, 0.2) is 115 Å². The predicted octanol–water partition coefficient (Wildman–Crippen LogP) is 11.0. The lowest BCUT2D eigenvalue weighted by atomic mass is 9.82. The fourth-order valence-electron chi connectivity index (χ4n) is 14.7. The zero-order chi connectivity index (χ0) is 89.6. The number of methoxy groups -OCH3 is 2. The number of hydrogen-bond acceptors (Lipinski definition) is 21. The molecule has 5 aromatic rings. The molecule has 11 atom stereocenters. The third-order valence-electron chi connectivity index (χ3n) is 24.9. The molecule has 2 fully saturated rings. The largest absolute Gasteiger partial charge is 0.495 e. The molecule has 1 aromatic heterocycles. The molecule has 8 amide bonds. The number of anilines is 1. The maximum atomic E-state index is 15.4. The summed E-state index contributed by atoms with van der Waals surface area (Å²) >= 11 is 7.02. The second kappa shape index (κ2) is 38.5. The van der Waals surface area contributed by atoms with Crippen molar-refractivity contribution in [3.63, 3.8) is 0 Å². The molecule has 3 aliphatic heterocycles. The molecule has 4 heterocycles. The normalized spacial score (nSPS) is 22.5. The SMILES string of the molecule is COc1cc2cc(c1Cl)N(C)C(=O)C[C@](OC(=O)C(C)N(C)C(=O)CCNC(=O)C(O[Si](C)(C)C(C)(C)C)C(O[Si](C)(C)C(C)(C)C)C(=O)NCCNC(=O)CCn1c(CN(C)N(C)C(=O)OCC3c4ccccc4-c4ccccc43)cc3ccccc31)(OC(=O)[C@H](C)N(C)C(C)=O)[C@]1(C)O[C@H]1[C@H](C)[C@@H]1C[C@@](O)(NC(=O)O1)C(OC)/C=C/C=C(\C)C2. The van der Waals surface area contributed by atoms with Crippen molar-refractivity contribution in [3.05, 3.63) is 142 Å². The third kappa shape index (κ3) is 21.6. The number of aromatic nitrogens is 1. The van der Waals surface area contributed by atoms with Crippen molar-refractivity contribution in [2.24, 2.45) is 5.92 Å². The van der Waals surface area contributed by atoms with E-state index >= 15 is 19.2 Å². The number of alkyl carbamates (subject to hydrolysis) is 1. The summed E-state index contributed by atoms with van der Waals surface area (Å²) in [5.74, 6) is -9.98. The van der Waals surface area contributed by atoms with Gasteiger partial charge in [0.2, 0.25) is 23.6 Å². The standard InChI is InChI=1S/C88H123ClN10O20Si2/c1-53-31-30-38-70(112-19)87(110)49-69(114-82(108)93-87)54(2)77-86(12,115-77)88(116-80(106)55(3)95(14)57(5)100,50-73(103)97(16)67-46-58(45-53)47-68(111-18)74(67)89)117-81(107)56(4)96(15)72(102)39-41-91-78(104)75(118-120(20,21)84(6,7)8)76(119-121(22,23)85(9,10)11)79(105)92-43-42-90-71(101)40-44-99-60(48-59-32-24-29-37-66(59)99)51-94(13)98(17)83(109)113-52-65-63-35-27-25-33-61(63)62-34-26-28-36-64(62)65/h24-38,46-48,54-56,65,69-70,75-77,110H,39-45,49-52H2,1-23H3,(H,90,101)(H,91,104)(H,92,105)(H,93,108)/b38-30+,53-31+/t54-,55+,56?,69+,70?,75?,76?,77+,86-,87+,88-/m1/s1. The number of fused-ring (bicyclic) bond motifs is 9. The van der Waals surface area contributed by atoms with Crippen molar-refractivity contribution >= 4 is 104 Å². The number of benzene rings is 4. The van der Waals surface area contributed by atoms with Crippen LogP contribution in [0, 0.1) is 5.92 Å². The minimum Gasteiger partial charge on any atom is -0.495 e. The Morgan fingerprint density at radius 3 is 1.88 bits per heavy atom. The Morgan fingerprint density at radius 1 is 0.760 bits per heavy atom. The average molecular weight is 1730 g/mol. The highest BCUT2D eigenvalue weighted by Gasteiger charge is 2.75. The predicted molar refractivity (Wildman–Crippen MR) is 463 cm³/mol. The Labute approximate surface area is 717 Å². The fourth-order valence-corrected chi connectivity index (χ4v) is 17.5. The number of hydrogen-bond donors (Lipinski definition) is 5. The number of ether oxygens (including phenoxy) is 7. The van der Waals surface area contributed by atoms with Crippen LogP contribution in [-0.4, -0.2) is 241 Å². The van der Waals surface area contributed by atoms with Crippen LogP contribution in [0.5, 0.6) is 5.75 Å². The molecule has 4 aliphatic rings. The molecule has 121 heavy (non-hydrogen) atoms. The first-order chi connectivity index (χ1) is 56.5. The molecule has 1 aliphatic carbocycles. The summed E-state index contributed by atoms with van der Waals surface area (Å²) in [6, 6.07) is 26.5. The quantitative estimate of drug-likeness (QED) is 0.00565. The highest BCUT2D eigenvalue weighted by atomic mass is 35.5. The van der Waals surface area contributed by atoms with Crippen LogP contribution >= 0.6 is 11.6 Å². The second-order valence-corrected chi connectivity index (χ2v) is 45.2. The maximum Gasteiger partial charge on any atom is 0.424 e. The zero-order valence-electron chi connectivity index (χ0n) is 74.1. The van der Waals surface area contributed by atoms with Gasteiger partial charge in [0.1, 0.15) is 54.2 Å². The number of carbonyl (C=O) groups excluding carboxylic acids is 10. The smallest absolute Gasteiger partial charge is 0.424 e. The molecule has 4 aromatic carbocycles. The molecule has 4 bridgehead atoms. The number of amides is 8. The van der Waals surface area contributed by atoms with E-state index < -0.39 is 159 Å². The molecule has 0 spiro atoms. The molecule has 4 unspecified atom stereocenters. The van der Waals surface area contributed by atoms with E-state index in [1.54, 1.807) is 56.4 Å².